The number of rotatable bonds is 4. The molecule has 1 saturated heterocycles. The minimum absolute atomic E-state index is 0.0477. The Morgan fingerprint density at radius 3 is 2.89 bits per heavy atom. The van der Waals surface area contributed by atoms with Crippen molar-refractivity contribution in [3.05, 3.63) is 17.3 Å². The van der Waals surface area contributed by atoms with Gasteiger partial charge in [0.1, 0.15) is 11.0 Å². The summed E-state index contributed by atoms with van der Waals surface area (Å²) in [5.74, 6) is 0.686. The molecule has 1 aromatic rings. The fraction of sp³-hybridized carbons (Fsp3) is 0.583. The van der Waals surface area contributed by atoms with E-state index in [1.165, 1.54) is 0 Å². The smallest absolute Gasteiger partial charge is 0.133 e. The summed E-state index contributed by atoms with van der Waals surface area (Å²) >= 11 is 6.02. The highest BCUT2D eigenvalue weighted by Gasteiger charge is 2.13. The average Bonchev–Trinajstić information content (AvgIpc) is 2.39. The van der Waals surface area contributed by atoms with Gasteiger partial charge in [-0.3, -0.25) is 0 Å². The summed E-state index contributed by atoms with van der Waals surface area (Å²) < 4.78 is 5.32. The van der Waals surface area contributed by atoms with Gasteiger partial charge in [-0.1, -0.05) is 11.6 Å². The quantitative estimate of drug-likeness (QED) is 0.810. The van der Waals surface area contributed by atoms with Gasteiger partial charge < -0.3 is 20.1 Å². The second-order valence-electron chi connectivity index (χ2n) is 4.36. The summed E-state index contributed by atoms with van der Waals surface area (Å²) in [7, 11) is 0. The molecular formula is C12H18ClN3O2. The van der Waals surface area contributed by atoms with E-state index in [1.807, 2.05) is 19.1 Å². The number of anilines is 2. The molecule has 1 aromatic heterocycles. The van der Waals surface area contributed by atoms with Gasteiger partial charge in [-0.2, -0.15) is 0 Å². The normalized spacial score (nSPS) is 17.6. The lowest BCUT2D eigenvalue weighted by Gasteiger charge is -2.29. The molecule has 0 spiro atoms. The van der Waals surface area contributed by atoms with E-state index in [4.69, 9.17) is 21.4 Å². The standard InChI is InChI=1S/C12H18ClN3O2/c1-9(8-17)14-12-7-10(6-11(13)15-12)16-2-4-18-5-3-16/h6-7,9,17H,2-5,8H2,1H3,(H,14,15)/t9-/m0/s1. The zero-order valence-electron chi connectivity index (χ0n) is 10.4. The lowest BCUT2D eigenvalue weighted by atomic mass is 10.3. The summed E-state index contributed by atoms with van der Waals surface area (Å²) in [6.07, 6.45) is 0. The average molecular weight is 272 g/mol. The molecule has 0 aromatic carbocycles. The number of aromatic nitrogens is 1. The van der Waals surface area contributed by atoms with Crippen LogP contribution in [0.15, 0.2) is 12.1 Å². The van der Waals surface area contributed by atoms with E-state index in [2.05, 4.69) is 15.2 Å². The van der Waals surface area contributed by atoms with Crippen LogP contribution in [0.3, 0.4) is 0 Å². The Balaban J connectivity index is 2.14. The predicted molar refractivity (Wildman–Crippen MR) is 72.4 cm³/mol. The number of morpholine rings is 1. The molecule has 1 fully saturated rings. The molecule has 2 rings (SSSR count). The first-order valence-corrected chi connectivity index (χ1v) is 6.44. The minimum Gasteiger partial charge on any atom is -0.394 e. The molecule has 100 valence electrons. The molecule has 2 N–H and O–H groups in total. The van der Waals surface area contributed by atoms with E-state index < -0.39 is 0 Å². The van der Waals surface area contributed by atoms with Gasteiger partial charge in [-0.15, -0.1) is 0 Å². The Bertz CT molecular complexity index is 397. The first kappa shape index (κ1) is 13.4. The molecule has 0 bridgehead atoms. The van der Waals surface area contributed by atoms with Crippen LogP contribution in [0.4, 0.5) is 11.5 Å². The minimum atomic E-state index is -0.0477. The van der Waals surface area contributed by atoms with Gasteiger partial charge in [0, 0.05) is 30.9 Å². The first-order chi connectivity index (χ1) is 8.69. The fourth-order valence-corrected chi connectivity index (χ4v) is 2.06. The van der Waals surface area contributed by atoms with Gasteiger partial charge in [0.25, 0.3) is 0 Å². The molecule has 18 heavy (non-hydrogen) atoms. The topological polar surface area (TPSA) is 57.6 Å². The van der Waals surface area contributed by atoms with E-state index in [1.54, 1.807) is 0 Å². The number of hydrogen-bond donors (Lipinski definition) is 2. The van der Waals surface area contributed by atoms with Crippen LogP contribution in [0, 0.1) is 0 Å². The van der Waals surface area contributed by atoms with E-state index in [0.29, 0.717) is 11.0 Å². The van der Waals surface area contributed by atoms with Crippen molar-refractivity contribution in [2.24, 2.45) is 0 Å². The van der Waals surface area contributed by atoms with Crippen LogP contribution in [0.1, 0.15) is 6.92 Å². The summed E-state index contributed by atoms with van der Waals surface area (Å²) in [5.41, 5.74) is 1.03. The lowest BCUT2D eigenvalue weighted by Crippen LogP contribution is -2.36. The number of ether oxygens (including phenoxy) is 1. The van der Waals surface area contributed by atoms with Crippen LogP contribution >= 0.6 is 11.6 Å². The van der Waals surface area contributed by atoms with E-state index in [9.17, 15) is 0 Å². The molecule has 0 amide bonds. The van der Waals surface area contributed by atoms with Crippen molar-refractivity contribution in [1.29, 1.82) is 0 Å². The largest absolute Gasteiger partial charge is 0.394 e. The first-order valence-electron chi connectivity index (χ1n) is 6.06. The van der Waals surface area contributed by atoms with Crippen molar-refractivity contribution >= 4 is 23.1 Å². The Kier molecular flexibility index (Phi) is 4.63. The summed E-state index contributed by atoms with van der Waals surface area (Å²) in [4.78, 5) is 6.42. The SMILES string of the molecule is C[C@@H](CO)Nc1cc(N2CCOCC2)cc(Cl)n1. The Morgan fingerprint density at radius 2 is 2.22 bits per heavy atom. The number of aliphatic hydroxyl groups excluding tert-OH is 1. The van der Waals surface area contributed by atoms with E-state index in [0.717, 1.165) is 32.0 Å². The van der Waals surface area contributed by atoms with Gasteiger partial charge in [0.15, 0.2) is 0 Å². The van der Waals surface area contributed by atoms with Crippen molar-refractivity contribution < 1.29 is 9.84 Å². The number of hydrogen-bond acceptors (Lipinski definition) is 5. The van der Waals surface area contributed by atoms with Crippen molar-refractivity contribution in [2.75, 3.05) is 43.1 Å². The van der Waals surface area contributed by atoms with Crippen molar-refractivity contribution in [1.82, 2.24) is 4.98 Å². The van der Waals surface area contributed by atoms with Crippen LogP contribution in [0.5, 0.6) is 0 Å². The molecular weight excluding hydrogens is 254 g/mol. The highest BCUT2D eigenvalue weighted by Crippen LogP contribution is 2.23. The number of nitrogens with zero attached hydrogens (tertiary/aromatic N) is 2. The number of pyridine rings is 1. The van der Waals surface area contributed by atoms with Gasteiger partial charge >= 0.3 is 0 Å². The second kappa shape index (κ2) is 6.22. The molecule has 5 nitrogen and oxygen atoms in total. The monoisotopic (exact) mass is 271 g/mol. The summed E-state index contributed by atoms with van der Waals surface area (Å²) in [6, 6.07) is 3.75. The fourth-order valence-electron chi connectivity index (χ4n) is 1.86. The van der Waals surface area contributed by atoms with E-state index >= 15 is 0 Å². The predicted octanol–water partition coefficient (Wildman–Crippen LogP) is 1.36. The van der Waals surface area contributed by atoms with Crippen LogP contribution < -0.4 is 10.2 Å². The third-order valence-electron chi connectivity index (χ3n) is 2.82. The van der Waals surface area contributed by atoms with Crippen LogP contribution in [0.2, 0.25) is 5.15 Å². The molecule has 1 aliphatic heterocycles. The van der Waals surface area contributed by atoms with Crippen LogP contribution in [-0.2, 0) is 4.74 Å². The summed E-state index contributed by atoms with van der Waals surface area (Å²) in [5, 5.41) is 12.6. The van der Waals surface area contributed by atoms with Gasteiger partial charge in [-0.25, -0.2) is 4.98 Å². The molecule has 1 atom stereocenters. The molecule has 0 aliphatic carbocycles. The zero-order chi connectivity index (χ0) is 13.0. The molecule has 2 heterocycles. The third kappa shape index (κ3) is 3.48. The molecule has 0 saturated carbocycles. The van der Waals surface area contributed by atoms with Crippen LogP contribution in [0.25, 0.3) is 0 Å². The highest BCUT2D eigenvalue weighted by molar-refractivity contribution is 6.29. The number of nitrogens with one attached hydrogen (secondary N) is 1. The maximum Gasteiger partial charge on any atom is 0.133 e. The van der Waals surface area contributed by atoms with Gasteiger partial charge in [-0.05, 0) is 13.0 Å². The van der Waals surface area contributed by atoms with Crippen molar-refractivity contribution in [3.8, 4) is 0 Å². The maximum atomic E-state index is 9.03. The maximum absolute atomic E-state index is 9.03. The molecule has 1 aliphatic rings. The van der Waals surface area contributed by atoms with Crippen LogP contribution in [-0.4, -0.2) is 49.0 Å². The van der Waals surface area contributed by atoms with Crippen molar-refractivity contribution in [3.63, 3.8) is 0 Å². The third-order valence-corrected chi connectivity index (χ3v) is 3.02. The highest BCUT2D eigenvalue weighted by atomic mass is 35.5. The van der Waals surface area contributed by atoms with Gasteiger partial charge in [0.05, 0.1) is 19.8 Å². The Labute approximate surface area is 112 Å². The second-order valence-corrected chi connectivity index (χ2v) is 4.75. The zero-order valence-corrected chi connectivity index (χ0v) is 11.2. The number of halogens is 1. The molecule has 6 heteroatoms. The molecule has 0 radical (unpaired) electrons. The van der Waals surface area contributed by atoms with Crippen molar-refractivity contribution in [2.45, 2.75) is 13.0 Å². The number of aliphatic hydroxyl groups is 1. The lowest BCUT2D eigenvalue weighted by molar-refractivity contribution is 0.122. The van der Waals surface area contributed by atoms with E-state index in [-0.39, 0.29) is 12.6 Å². The Morgan fingerprint density at radius 1 is 1.50 bits per heavy atom. The van der Waals surface area contributed by atoms with Gasteiger partial charge in [0.2, 0.25) is 0 Å². The summed E-state index contributed by atoms with van der Waals surface area (Å²) in [6.45, 7) is 5.12. The Hall–Kier alpha value is -1.04. The molecule has 0 unspecified atom stereocenters.